The van der Waals surface area contributed by atoms with E-state index in [1.54, 1.807) is 0 Å². The van der Waals surface area contributed by atoms with E-state index < -0.39 is 298 Å². The Labute approximate surface area is 576 Å². The summed E-state index contributed by atoms with van der Waals surface area (Å²) in [6.07, 6.45) is -3.36. The number of aromatic hydroxyl groups is 8. The smallest absolute Gasteiger partial charge is 0.323 e. The van der Waals surface area contributed by atoms with Crippen molar-refractivity contribution in [2.45, 2.75) is 177 Å². The zero-order valence-electron chi connectivity index (χ0n) is 55.1. The first-order chi connectivity index (χ1) is 46.2. The van der Waals surface area contributed by atoms with Crippen molar-refractivity contribution in [3.8, 4) is 46.0 Å². The lowest BCUT2D eigenvalue weighted by Crippen LogP contribution is -2.47. The van der Waals surface area contributed by atoms with Crippen molar-refractivity contribution in [1.82, 2.24) is 19.6 Å². The molecule has 0 spiro atoms. The van der Waals surface area contributed by atoms with Crippen LogP contribution in [0.2, 0.25) is 0 Å². The maximum atomic E-state index is 13.2. The van der Waals surface area contributed by atoms with Gasteiger partial charge in [0.1, 0.15) is 68.2 Å². The van der Waals surface area contributed by atoms with E-state index in [1.807, 2.05) is 0 Å². The Kier molecular flexibility index (Phi) is 21.3. The van der Waals surface area contributed by atoms with Gasteiger partial charge in [0.05, 0.1) is 45.3 Å². The number of benzene rings is 4. The van der Waals surface area contributed by atoms with Crippen LogP contribution in [0.4, 0.5) is 0 Å². The van der Waals surface area contributed by atoms with Crippen LogP contribution in [0.5, 0.6) is 46.0 Å². The summed E-state index contributed by atoms with van der Waals surface area (Å²) >= 11 is 0. The standard InChI is InChI=1S/C64H84N4O28S4/c1-61(57(77)78)13-5-17-65(61)29-45-49(69)37-25-38(50(45)70)34(10-22-98(88,89)90)40-27-42(54(74)47(52(40)72)31-67-19-7-15-63(67,3)59(81)82)36(12-24-100(94,95)96)44-28-43(55(75)48(56(44)76)32-68-20-8-16-64(68,4)60(83)84)35(11-23-99(91,92)93)41-26-39(33(37)9-21-97(85,86)87)51(71)46(53(41)73)30-66-18-6-14-62(66,2)58(79)80/h25-28,33-36,69-76H,5-24,29-32H2,1-4H3,(H,77,78)(H,79,80)(H,81,82)(H,83,84)(H,85,86,87)(H,88,89,90)(H,91,92,93)(H,94,95,96)/t33?,34?,35?,36?,61-,62-,63-,64-/m0/s1. The number of hydrogen-bond donors (Lipinski definition) is 16. The third-order valence-electron chi connectivity index (χ3n) is 21.8. The highest BCUT2D eigenvalue weighted by molar-refractivity contribution is 7.86. The summed E-state index contributed by atoms with van der Waals surface area (Å²) in [5.74, 6) is -27.2. The van der Waals surface area contributed by atoms with Crippen LogP contribution in [0.15, 0.2) is 24.3 Å². The first kappa shape index (κ1) is 76.8. The minimum Gasteiger partial charge on any atom is -0.507 e. The number of fused-ring (bicyclic) bond motifs is 8. The van der Waals surface area contributed by atoms with Crippen LogP contribution >= 0.6 is 0 Å². The largest absolute Gasteiger partial charge is 0.507 e. The highest BCUT2D eigenvalue weighted by atomic mass is 32.2. The number of rotatable bonds is 24. The van der Waals surface area contributed by atoms with Crippen molar-refractivity contribution >= 4 is 64.3 Å². The van der Waals surface area contributed by atoms with E-state index >= 15 is 0 Å². The molecule has 36 heteroatoms. The van der Waals surface area contributed by atoms with Gasteiger partial charge in [0.2, 0.25) is 0 Å². The van der Waals surface area contributed by atoms with Crippen LogP contribution in [0.1, 0.15) is 195 Å². The van der Waals surface area contributed by atoms with E-state index in [0.717, 1.165) is 24.3 Å². The number of likely N-dealkylation sites (tertiary alicyclic amines) is 4. The van der Waals surface area contributed by atoms with Crippen LogP contribution in [0.3, 0.4) is 0 Å². The predicted octanol–water partition coefficient (Wildman–Crippen LogP) is 5.04. The fraction of sp³-hybridized carbons (Fsp3) is 0.562. The Bertz CT molecular complexity index is 3790. The molecule has 4 aromatic rings. The minimum atomic E-state index is -5.21. The average molecular weight is 1490 g/mol. The Morgan fingerprint density at radius 2 is 0.480 bits per heavy atom. The molecule has 0 amide bonds. The summed E-state index contributed by atoms with van der Waals surface area (Å²) in [7, 11) is -20.9. The van der Waals surface area contributed by atoms with Crippen molar-refractivity contribution < 1.29 is 132 Å². The second-order valence-corrected chi connectivity index (χ2v) is 34.1. The zero-order chi connectivity index (χ0) is 74.3. The molecule has 4 fully saturated rings. The second-order valence-electron chi connectivity index (χ2n) is 27.8. The molecule has 4 aromatic carbocycles. The highest BCUT2D eigenvalue weighted by Gasteiger charge is 2.50. The van der Waals surface area contributed by atoms with Crippen molar-refractivity contribution in [1.29, 1.82) is 0 Å². The average Bonchev–Trinajstić information content (AvgIpc) is 1.30. The topological polar surface area (TPSA) is 541 Å². The number of nitrogens with zero attached hydrogens (tertiary/aromatic N) is 4. The second kappa shape index (κ2) is 27.8. The lowest BCUT2D eigenvalue weighted by atomic mass is 9.75. The highest BCUT2D eigenvalue weighted by Crippen LogP contribution is 2.57. The maximum absolute atomic E-state index is 13.2. The SMILES string of the molecule is C[C@@]1(C(=O)O)CCCN1Cc1c(O)c2cc(c1O)C(CCS(=O)(=O)O)c1cc(c(O)c(CN3CCC[C@@]3(C)C(=O)O)c1O)C(CCS(=O)(=O)O)c1cc(c(O)c(CN3CCC[C@@]3(C)C(=O)O)c1O)C(CCS(=O)(=O)O)c1cc(c(O)c(CN3CCC[C@@]3(C)C(=O)O)c1O)C2CCS(=O)(=O)O. The molecule has 16 N–H and O–H groups in total. The number of hydrogen-bond acceptors (Lipinski definition) is 24. The molecular formula is C64H84N4O28S4. The van der Waals surface area contributed by atoms with Gasteiger partial charge in [-0.15, -0.1) is 0 Å². The molecular weight excluding hydrogens is 1400 g/mol. The van der Waals surface area contributed by atoms with Crippen molar-refractivity contribution in [2.24, 2.45) is 0 Å². The normalized spacial score (nSPS) is 25.8. The molecule has 5 aliphatic rings. The van der Waals surface area contributed by atoms with Crippen LogP contribution < -0.4 is 0 Å². The molecule has 4 saturated heterocycles. The van der Waals surface area contributed by atoms with Gasteiger partial charge in [-0.3, -0.25) is 57.0 Å². The number of phenols is 8. The zero-order valence-corrected chi connectivity index (χ0v) is 58.3. The molecule has 8 bridgehead atoms. The third-order valence-corrected chi connectivity index (χ3v) is 24.8. The van der Waals surface area contributed by atoms with E-state index in [0.29, 0.717) is 0 Å². The van der Waals surface area contributed by atoms with Gasteiger partial charge in [0.15, 0.2) is 0 Å². The summed E-state index contributed by atoms with van der Waals surface area (Å²) in [6, 6.07) is 3.69. The summed E-state index contributed by atoms with van der Waals surface area (Å²) in [4.78, 5) is 57.9. The van der Waals surface area contributed by atoms with Gasteiger partial charge in [-0.25, -0.2) is 0 Å². The number of carbonyl (C=O) groups is 4. The van der Waals surface area contributed by atoms with E-state index in [1.165, 1.54) is 47.3 Å². The van der Waals surface area contributed by atoms with Crippen molar-refractivity contribution in [2.75, 3.05) is 49.2 Å². The Morgan fingerprint density at radius 3 is 0.610 bits per heavy atom. The molecule has 4 heterocycles. The van der Waals surface area contributed by atoms with E-state index in [9.17, 15) is 132 Å². The number of phenolic OH excluding ortho intramolecular Hbond substituents is 8. The third kappa shape index (κ3) is 15.0. The van der Waals surface area contributed by atoms with Crippen LogP contribution in [0.25, 0.3) is 0 Å². The van der Waals surface area contributed by atoms with Crippen molar-refractivity contribution in [3.05, 3.63) is 91.0 Å². The van der Waals surface area contributed by atoms with E-state index in [-0.39, 0.29) is 77.5 Å². The summed E-state index contributed by atoms with van der Waals surface area (Å²) in [5.41, 5.74) is -14.6. The summed E-state index contributed by atoms with van der Waals surface area (Å²) in [5, 5.41) is 148. The molecule has 552 valence electrons. The monoisotopic (exact) mass is 1480 g/mol. The predicted molar refractivity (Wildman–Crippen MR) is 353 cm³/mol. The van der Waals surface area contributed by atoms with Gasteiger partial charge < -0.3 is 61.3 Å². The first-order valence-electron chi connectivity index (χ1n) is 32.2. The maximum Gasteiger partial charge on any atom is 0.323 e. The van der Waals surface area contributed by atoms with Crippen LogP contribution in [-0.4, -0.2) is 228 Å². The van der Waals surface area contributed by atoms with Gasteiger partial charge in [-0.2, -0.15) is 33.7 Å². The molecule has 4 atom stereocenters. The van der Waals surface area contributed by atoms with Crippen LogP contribution in [0, 0.1) is 0 Å². The van der Waals surface area contributed by atoms with Gasteiger partial charge in [-0.1, -0.05) is 0 Å². The molecule has 0 saturated carbocycles. The molecule has 1 aliphatic carbocycles. The summed E-state index contributed by atoms with van der Waals surface area (Å²) in [6.45, 7) is 1.93. The number of carboxylic acid groups (broad SMARTS) is 4. The lowest BCUT2D eigenvalue weighted by molar-refractivity contribution is -0.149. The van der Waals surface area contributed by atoms with Gasteiger partial charge in [-0.05, 0) is 155 Å². The number of carboxylic acids is 4. The summed E-state index contributed by atoms with van der Waals surface area (Å²) < 4.78 is 148. The van der Waals surface area contributed by atoms with Gasteiger partial charge in [0.25, 0.3) is 40.5 Å². The Morgan fingerprint density at radius 1 is 0.330 bits per heavy atom. The molecule has 4 aliphatic heterocycles. The molecule has 9 rings (SSSR count). The molecule has 0 aromatic heterocycles. The first-order valence-corrected chi connectivity index (χ1v) is 38.7. The van der Waals surface area contributed by atoms with E-state index in [4.69, 9.17) is 0 Å². The molecule has 100 heavy (non-hydrogen) atoms. The van der Waals surface area contributed by atoms with E-state index in [2.05, 4.69) is 0 Å². The van der Waals surface area contributed by atoms with Gasteiger partial charge >= 0.3 is 23.9 Å². The van der Waals surface area contributed by atoms with Gasteiger partial charge in [0, 0.05) is 94.4 Å². The molecule has 0 unspecified atom stereocenters. The molecule has 0 radical (unpaired) electrons. The Balaban J connectivity index is 1.56. The quantitative estimate of drug-likeness (QED) is 0.0408. The van der Waals surface area contributed by atoms with Crippen molar-refractivity contribution in [3.63, 3.8) is 0 Å². The number of aliphatic carboxylic acids is 4. The Hall–Kier alpha value is -7.36. The fourth-order valence-corrected chi connectivity index (χ4v) is 17.7. The lowest BCUT2D eigenvalue weighted by Gasteiger charge is -2.35. The molecule has 32 nitrogen and oxygen atoms in total. The van der Waals surface area contributed by atoms with Crippen LogP contribution in [-0.2, 0) is 85.8 Å². The fourth-order valence-electron chi connectivity index (χ4n) is 15.6. The minimum absolute atomic E-state index is 0.0355.